The van der Waals surface area contributed by atoms with Crippen molar-refractivity contribution < 1.29 is 4.74 Å². The lowest BCUT2D eigenvalue weighted by Gasteiger charge is -2.11. The number of nitrogen functional groups attached to an aromatic ring is 1. The third kappa shape index (κ3) is 3.02. The molecule has 2 aromatic carbocycles. The Bertz CT molecular complexity index is 555. The fourth-order valence-electron chi connectivity index (χ4n) is 1.57. The number of amidine groups is 1. The molecule has 0 amide bonds. The quantitative estimate of drug-likeness (QED) is 0.655. The molecule has 0 heterocycles. The minimum absolute atomic E-state index is 0.0550. The maximum atomic E-state index is 7.50. The second-order valence-electron chi connectivity index (χ2n) is 3.83. The molecule has 18 heavy (non-hydrogen) atoms. The van der Waals surface area contributed by atoms with Crippen molar-refractivity contribution in [2.24, 2.45) is 5.73 Å². The highest BCUT2D eigenvalue weighted by atomic mass is 35.5. The lowest BCUT2D eigenvalue weighted by atomic mass is 10.2. The first-order valence-electron chi connectivity index (χ1n) is 5.47. The van der Waals surface area contributed by atoms with Crippen LogP contribution in [0, 0.1) is 5.41 Å². The number of hydrogen-bond acceptors (Lipinski definition) is 2. The summed E-state index contributed by atoms with van der Waals surface area (Å²) in [5.74, 6) is 0.510. The van der Waals surface area contributed by atoms with Crippen molar-refractivity contribution in [2.75, 3.05) is 0 Å². The standard InChI is InChI=1S/C14H13ClN2O/c15-11-6-7-13(12(8-11)14(16)17)18-9-10-4-2-1-3-5-10/h1-8H,9H2,(H3,16,17). The van der Waals surface area contributed by atoms with Gasteiger partial charge in [-0.25, -0.2) is 0 Å². The van der Waals surface area contributed by atoms with Crippen molar-refractivity contribution in [2.45, 2.75) is 6.61 Å². The van der Waals surface area contributed by atoms with Gasteiger partial charge in [0.2, 0.25) is 0 Å². The number of rotatable bonds is 4. The highest BCUT2D eigenvalue weighted by molar-refractivity contribution is 6.31. The van der Waals surface area contributed by atoms with Gasteiger partial charge in [0.05, 0.1) is 5.56 Å². The maximum absolute atomic E-state index is 7.50. The molecule has 3 nitrogen and oxygen atoms in total. The lowest BCUT2D eigenvalue weighted by Crippen LogP contribution is -2.13. The van der Waals surface area contributed by atoms with Crippen LogP contribution in [0.1, 0.15) is 11.1 Å². The monoisotopic (exact) mass is 260 g/mol. The minimum atomic E-state index is -0.0550. The summed E-state index contributed by atoms with van der Waals surface area (Å²) in [4.78, 5) is 0. The molecule has 0 spiro atoms. The van der Waals surface area contributed by atoms with E-state index in [1.165, 1.54) is 0 Å². The van der Waals surface area contributed by atoms with Gasteiger partial charge in [-0.15, -0.1) is 0 Å². The fourth-order valence-corrected chi connectivity index (χ4v) is 1.75. The van der Waals surface area contributed by atoms with Crippen LogP contribution in [-0.2, 0) is 6.61 Å². The summed E-state index contributed by atoms with van der Waals surface area (Å²) in [6.45, 7) is 0.433. The van der Waals surface area contributed by atoms with Crippen LogP contribution in [0.2, 0.25) is 5.02 Å². The zero-order valence-electron chi connectivity index (χ0n) is 9.69. The normalized spacial score (nSPS) is 10.1. The maximum Gasteiger partial charge on any atom is 0.130 e. The molecule has 0 aromatic heterocycles. The molecule has 0 unspecified atom stereocenters. The van der Waals surface area contributed by atoms with Gasteiger partial charge in [0, 0.05) is 5.02 Å². The first-order valence-corrected chi connectivity index (χ1v) is 5.85. The number of nitrogens with two attached hydrogens (primary N) is 1. The van der Waals surface area contributed by atoms with E-state index in [1.807, 2.05) is 30.3 Å². The molecule has 0 saturated carbocycles. The molecule has 0 aliphatic carbocycles. The Balaban J connectivity index is 2.17. The second-order valence-corrected chi connectivity index (χ2v) is 4.26. The molecule has 2 aromatic rings. The van der Waals surface area contributed by atoms with Crippen LogP contribution in [0.5, 0.6) is 5.75 Å². The van der Waals surface area contributed by atoms with Crippen LogP contribution in [-0.4, -0.2) is 5.84 Å². The number of benzene rings is 2. The Hall–Kier alpha value is -2.00. The van der Waals surface area contributed by atoms with Crippen molar-refractivity contribution in [1.82, 2.24) is 0 Å². The van der Waals surface area contributed by atoms with Crippen LogP contribution < -0.4 is 10.5 Å². The molecule has 0 atom stereocenters. The van der Waals surface area contributed by atoms with Crippen molar-refractivity contribution in [3.05, 3.63) is 64.7 Å². The van der Waals surface area contributed by atoms with E-state index in [-0.39, 0.29) is 5.84 Å². The van der Waals surface area contributed by atoms with E-state index in [2.05, 4.69) is 0 Å². The van der Waals surface area contributed by atoms with Crippen molar-refractivity contribution in [3.63, 3.8) is 0 Å². The van der Waals surface area contributed by atoms with Gasteiger partial charge >= 0.3 is 0 Å². The van der Waals surface area contributed by atoms with Crippen LogP contribution in [0.4, 0.5) is 0 Å². The number of nitrogens with one attached hydrogen (secondary N) is 1. The fraction of sp³-hybridized carbons (Fsp3) is 0.0714. The molecule has 92 valence electrons. The van der Waals surface area contributed by atoms with E-state index in [1.54, 1.807) is 18.2 Å². The molecule has 0 fully saturated rings. The summed E-state index contributed by atoms with van der Waals surface area (Å²) in [6.07, 6.45) is 0. The molecule has 2 rings (SSSR count). The average Bonchev–Trinajstić information content (AvgIpc) is 2.38. The lowest BCUT2D eigenvalue weighted by molar-refractivity contribution is 0.305. The molecular weight excluding hydrogens is 248 g/mol. The van der Waals surface area contributed by atoms with E-state index in [9.17, 15) is 0 Å². The van der Waals surface area contributed by atoms with E-state index in [0.29, 0.717) is 22.9 Å². The van der Waals surface area contributed by atoms with Gasteiger partial charge in [0.15, 0.2) is 0 Å². The topological polar surface area (TPSA) is 59.1 Å². The van der Waals surface area contributed by atoms with E-state index in [4.69, 9.17) is 27.5 Å². The van der Waals surface area contributed by atoms with Gasteiger partial charge in [-0.1, -0.05) is 41.9 Å². The molecule has 0 aliphatic heterocycles. The first-order chi connectivity index (χ1) is 8.66. The van der Waals surface area contributed by atoms with Gasteiger partial charge in [0.25, 0.3) is 0 Å². The zero-order valence-corrected chi connectivity index (χ0v) is 10.4. The van der Waals surface area contributed by atoms with Gasteiger partial charge in [-0.05, 0) is 23.8 Å². The number of halogens is 1. The Morgan fingerprint density at radius 2 is 1.89 bits per heavy atom. The SMILES string of the molecule is N=C(N)c1cc(Cl)ccc1OCc1ccccc1. The summed E-state index contributed by atoms with van der Waals surface area (Å²) in [6, 6.07) is 14.9. The Morgan fingerprint density at radius 3 is 2.56 bits per heavy atom. The van der Waals surface area contributed by atoms with E-state index in [0.717, 1.165) is 5.56 Å². The molecule has 4 heteroatoms. The van der Waals surface area contributed by atoms with Gasteiger partial charge in [-0.2, -0.15) is 0 Å². The predicted molar refractivity (Wildman–Crippen MR) is 73.2 cm³/mol. The van der Waals surface area contributed by atoms with Crippen LogP contribution in [0.15, 0.2) is 48.5 Å². The summed E-state index contributed by atoms with van der Waals surface area (Å²) < 4.78 is 5.66. The van der Waals surface area contributed by atoms with Crippen molar-refractivity contribution >= 4 is 17.4 Å². The predicted octanol–water partition coefficient (Wildman–Crippen LogP) is 3.20. The summed E-state index contributed by atoms with van der Waals surface area (Å²) in [5, 5.41) is 8.03. The molecule has 0 saturated heterocycles. The zero-order chi connectivity index (χ0) is 13.0. The van der Waals surface area contributed by atoms with E-state index >= 15 is 0 Å². The van der Waals surface area contributed by atoms with Crippen molar-refractivity contribution in [3.8, 4) is 5.75 Å². The van der Waals surface area contributed by atoms with Gasteiger partial charge < -0.3 is 10.5 Å². The highest BCUT2D eigenvalue weighted by Gasteiger charge is 2.07. The Kier molecular flexibility index (Phi) is 3.85. The van der Waals surface area contributed by atoms with Crippen LogP contribution >= 0.6 is 11.6 Å². The minimum Gasteiger partial charge on any atom is -0.488 e. The third-order valence-electron chi connectivity index (χ3n) is 2.47. The molecule has 0 aliphatic rings. The Labute approximate surface area is 111 Å². The van der Waals surface area contributed by atoms with Crippen LogP contribution in [0.3, 0.4) is 0 Å². The second kappa shape index (κ2) is 5.56. The summed E-state index contributed by atoms with van der Waals surface area (Å²) >= 11 is 5.87. The molecular formula is C14H13ClN2O. The number of ether oxygens (including phenoxy) is 1. The largest absolute Gasteiger partial charge is 0.488 e. The van der Waals surface area contributed by atoms with Crippen LogP contribution in [0.25, 0.3) is 0 Å². The highest BCUT2D eigenvalue weighted by Crippen LogP contribution is 2.23. The van der Waals surface area contributed by atoms with Gasteiger partial charge in [-0.3, -0.25) is 5.41 Å². The molecule has 3 N–H and O–H groups in total. The number of hydrogen-bond donors (Lipinski definition) is 2. The molecule has 0 radical (unpaired) electrons. The first kappa shape index (κ1) is 12.5. The third-order valence-corrected chi connectivity index (χ3v) is 2.70. The molecule has 0 bridgehead atoms. The smallest absolute Gasteiger partial charge is 0.130 e. The van der Waals surface area contributed by atoms with Gasteiger partial charge in [0.1, 0.15) is 18.2 Å². The van der Waals surface area contributed by atoms with Crippen molar-refractivity contribution in [1.29, 1.82) is 5.41 Å². The van der Waals surface area contributed by atoms with E-state index < -0.39 is 0 Å². The Morgan fingerprint density at radius 1 is 1.17 bits per heavy atom. The summed E-state index contributed by atoms with van der Waals surface area (Å²) in [7, 11) is 0. The summed E-state index contributed by atoms with van der Waals surface area (Å²) in [5.41, 5.74) is 7.07. The average molecular weight is 261 g/mol.